The smallest absolute Gasteiger partial charge is 0.0558 e. The van der Waals surface area contributed by atoms with E-state index in [0.717, 1.165) is 24.6 Å². The summed E-state index contributed by atoms with van der Waals surface area (Å²) < 4.78 is 0. The summed E-state index contributed by atoms with van der Waals surface area (Å²) in [5, 5.41) is 9.94. The number of fused-ring (bicyclic) bond motifs is 4. The number of nitrogens with zero attached hydrogens (tertiary/aromatic N) is 1. The molecule has 6 rings (SSSR count). The van der Waals surface area contributed by atoms with Crippen molar-refractivity contribution in [3.63, 3.8) is 0 Å². The molecule has 0 atom stereocenters. The molecule has 2 aliphatic heterocycles. The monoisotopic (exact) mass is 533 g/mol. The lowest BCUT2D eigenvalue weighted by Gasteiger charge is -2.21. The van der Waals surface area contributed by atoms with Gasteiger partial charge in [0.25, 0.3) is 0 Å². The predicted molar refractivity (Wildman–Crippen MR) is 163 cm³/mol. The molecule has 2 aliphatic rings. The van der Waals surface area contributed by atoms with Gasteiger partial charge in [0.2, 0.25) is 0 Å². The summed E-state index contributed by atoms with van der Waals surface area (Å²) >= 11 is 3.83. The van der Waals surface area contributed by atoms with Crippen molar-refractivity contribution in [1.29, 1.82) is 0 Å². The molecule has 0 aliphatic carbocycles. The Kier molecular flexibility index (Phi) is 7.84. The average molecular weight is 534 g/mol. The SMILES string of the molecule is OCCN(C/C=C1\c2ccccc2CSc2ccccc21)C/C=C1\c2ccccc2CSc2ccccc21. The molecule has 2 nitrogen and oxygen atoms in total. The van der Waals surface area contributed by atoms with Crippen LogP contribution in [-0.2, 0) is 11.5 Å². The van der Waals surface area contributed by atoms with Crippen molar-refractivity contribution >= 4 is 34.7 Å². The van der Waals surface area contributed by atoms with E-state index in [0.29, 0.717) is 6.54 Å². The van der Waals surface area contributed by atoms with Crippen LogP contribution >= 0.6 is 23.5 Å². The second-order valence-electron chi connectivity index (χ2n) is 9.60. The number of rotatable bonds is 6. The fraction of sp³-hybridized carbons (Fsp3) is 0.176. The molecule has 0 saturated carbocycles. The third kappa shape index (κ3) is 5.27. The Hall–Kier alpha value is -3.02. The molecule has 0 saturated heterocycles. The van der Waals surface area contributed by atoms with E-state index in [9.17, 15) is 5.11 Å². The van der Waals surface area contributed by atoms with Crippen LogP contribution < -0.4 is 0 Å². The van der Waals surface area contributed by atoms with Crippen molar-refractivity contribution in [3.05, 3.63) is 143 Å². The Morgan fingerprint density at radius 2 is 1.00 bits per heavy atom. The van der Waals surface area contributed by atoms with Crippen LogP contribution in [0.2, 0.25) is 0 Å². The number of hydrogen-bond acceptors (Lipinski definition) is 4. The molecule has 190 valence electrons. The second-order valence-corrected chi connectivity index (χ2v) is 11.6. The highest BCUT2D eigenvalue weighted by Gasteiger charge is 2.20. The largest absolute Gasteiger partial charge is 0.395 e. The van der Waals surface area contributed by atoms with Crippen LogP contribution in [0.1, 0.15) is 33.4 Å². The highest BCUT2D eigenvalue weighted by molar-refractivity contribution is 7.98. The van der Waals surface area contributed by atoms with Crippen LogP contribution in [-0.4, -0.2) is 36.2 Å². The van der Waals surface area contributed by atoms with Gasteiger partial charge in [0.1, 0.15) is 0 Å². The van der Waals surface area contributed by atoms with E-state index in [-0.39, 0.29) is 6.61 Å². The third-order valence-electron chi connectivity index (χ3n) is 7.26. The van der Waals surface area contributed by atoms with Crippen LogP contribution in [0.3, 0.4) is 0 Å². The summed E-state index contributed by atoms with van der Waals surface area (Å²) in [5.74, 6) is 1.96. The Labute approximate surface area is 234 Å². The van der Waals surface area contributed by atoms with Gasteiger partial charge >= 0.3 is 0 Å². The number of aliphatic hydroxyl groups is 1. The van der Waals surface area contributed by atoms with Gasteiger partial charge in [0.05, 0.1) is 6.61 Å². The molecule has 0 fully saturated rings. The molecule has 0 radical (unpaired) electrons. The maximum Gasteiger partial charge on any atom is 0.0558 e. The van der Waals surface area contributed by atoms with Crippen LogP contribution in [0.5, 0.6) is 0 Å². The predicted octanol–water partition coefficient (Wildman–Crippen LogP) is 7.76. The maximum absolute atomic E-state index is 9.94. The lowest BCUT2D eigenvalue weighted by atomic mass is 9.93. The van der Waals surface area contributed by atoms with Crippen LogP contribution in [0.15, 0.2) is 119 Å². The van der Waals surface area contributed by atoms with Crippen LogP contribution in [0.25, 0.3) is 11.1 Å². The standard InChI is InChI=1S/C34H31NOS2/c36-22-21-35(19-17-29-27-11-3-1-9-25(27)23-37-33-15-7-5-13-31(29)33)20-18-30-28-12-4-2-10-26(28)24-38-34-16-8-6-14-32(30)34/h1-18,36H,19-24H2/b29-17+,30-18+. The molecule has 0 amide bonds. The van der Waals surface area contributed by atoms with Gasteiger partial charge in [-0.15, -0.1) is 23.5 Å². The molecule has 2 heterocycles. The lowest BCUT2D eigenvalue weighted by molar-refractivity contribution is 0.220. The summed E-state index contributed by atoms with van der Waals surface area (Å²) in [6.45, 7) is 2.30. The lowest BCUT2D eigenvalue weighted by Crippen LogP contribution is -2.27. The van der Waals surface area contributed by atoms with E-state index < -0.39 is 0 Å². The molecule has 0 aromatic heterocycles. The minimum absolute atomic E-state index is 0.137. The van der Waals surface area contributed by atoms with Crippen molar-refractivity contribution in [1.82, 2.24) is 4.90 Å². The molecule has 0 spiro atoms. The minimum Gasteiger partial charge on any atom is -0.395 e. The Morgan fingerprint density at radius 1 is 0.579 bits per heavy atom. The van der Waals surface area contributed by atoms with Crippen molar-refractivity contribution in [2.24, 2.45) is 0 Å². The second kappa shape index (κ2) is 11.8. The fourth-order valence-electron chi connectivity index (χ4n) is 5.33. The van der Waals surface area contributed by atoms with Gasteiger partial charge in [-0.25, -0.2) is 0 Å². The van der Waals surface area contributed by atoms with Gasteiger partial charge in [0, 0.05) is 40.9 Å². The Balaban J connectivity index is 1.35. The molecule has 38 heavy (non-hydrogen) atoms. The zero-order chi connectivity index (χ0) is 25.7. The van der Waals surface area contributed by atoms with Crippen molar-refractivity contribution in [2.45, 2.75) is 21.3 Å². The quantitative estimate of drug-likeness (QED) is 0.274. The summed E-state index contributed by atoms with van der Waals surface area (Å²) in [7, 11) is 0. The highest BCUT2D eigenvalue weighted by atomic mass is 32.2. The molecule has 4 heteroatoms. The number of benzene rings is 4. The molecule has 4 aromatic carbocycles. The molecular weight excluding hydrogens is 503 g/mol. The van der Waals surface area contributed by atoms with E-state index in [1.54, 1.807) is 0 Å². The summed E-state index contributed by atoms with van der Waals surface area (Å²) in [4.78, 5) is 5.00. The van der Waals surface area contributed by atoms with Gasteiger partial charge in [0.15, 0.2) is 0 Å². The first kappa shape index (κ1) is 25.3. The number of aliphatic hydroxyl groups excluding tert-OH is 1. The topological polar surface area (TPSA) is 23.5 Å². The molecule has 1 N–H and O–H groups in total. The molecule has 0 bridgehead atoms. The Morgan fingerprint density at radius 3 is 1.47 bits per heavy atom. The van der Waals surface area contributed by atoms with E-state index in [2.05, 4.69) is 114 Å². The van der Waals surface area contributed by atoms with E-state index in [4.69, 9.17) is 0 Å². The maximum atomic E-state index is 9.94. The first-order valence-corrected chi connectivity index (χ1v) is 15.1. The minimum atomic E-state index is 0.137. The van der Waals surface area contributed by atoms with Crippen LogP contribution in [0, 0.1) is 0 Å². The van der Waals surface area contributed by atoms with Crippen LogP contribution in [0.4, 0.5) is 0 Å². The Bertz CT molecular complexity index is 1300. The van der Waals surface area contributed by atoms with Gasteiger partial charge < -0.3 is 5.11 Å². The number of hydrogen-bond donors (Lipinski definition) is 1. The highest BCUT2D eigenvalue weighted by Crippen LogP contribution is 2.41. The van der Waals surface area contributed by atoms with Crippen molar-refractivity contribution < 1.29 is 5.11 Å². The molecular formula is C34H31NOS2. The van der Waals surface area contributed by atoms with Crippen molar-refractivity contribution in [2.75, 3.05) is 26.2 Å². The molecule has 0 unspecified atom stereocenters. The van der Waals surface area contributed by atoms with E-state index >= 15 is 0 Å². The van der Waals surface area contributed by atoms with Crippen molar-refractivity contribution in [3.8, 4) is 0 Å². The van der Waals surface area contributed by atoms with E-state index in [1.807, 2.05) is 23.5 Å². The summed E-state index contributed by atoms with van der Waals surface area (Å²) in [6.07, 6.45) is 4.73. The van der Waals surface area contributed by atoms with Gasteiger partial charge in [-0.05, 0) is 56.7 Å². The first-order valence-electron chi connectivity index (χ1n) is 13.2. The summed E-state index contributed by atoms with van der Waals surface area (Å²) in [5.41, 5.74) is 10.6. The third-order valence-corrected chi connectivity index (χ3v) is 9.50. The zero-order valence-corrected chi connectivity index (χ0v) is 23.0. The first-order chi connectivity index (χ1) is 18.8. The van der Waals surface area contributed by atoms with Gasteiger partial charge in [-0.2, -0.15) is 0 Å². The number of thioether (sulfide) groups is 2. The van der Waals surface area contributed by atoms with E-state index in [1.165, 1.54) is 54.3 Å². The van der Waals surface area contributed by atoms with Gasteiger partial charge in [-0.3, -0.25) is 4.90 Å². The zero-order valence-electron chi connectivity index (χ0n) is 21.3. The van der Waals surface area contributed by atoms with Gasteiger partial charge in [-0.1, -0.05) is 97.1 Å². The average Bonchev–Trinajstić information content (AvgIpc) is 3.23. The fourth-order valence-corrected chi connectivity index (χ4v) is 7.47. The summed E-state index contributed by atoms with van der Waals surface area (Å²) in [6, 6.07) is 35.0. The normalized spacial score (nSPS) is 16.4. The molecule has 4 aromatic rings.